The van der Waals surface area contributed by atoms with Gasteiger partial charge in [-0.25, -0.2) is 0 Å². The van der Waals surface area contributed by atoms with Gasteiger partial charge in [-0.2, -0.15) is 0 Å². The largest absolute Gasteiger partial charge is 0.481 e. The maximum absolute atomic E-state index is 13.1. The second-order valence-electron chi connectivity index (χ2n) is 7.53. The summed E-state index contributed by atoms with van der Waals surface area (Å²) in [6, 6.07) is 14.4. The lowest BCUT2D eigenvalue weighted by atomic mass is 9.88. The first-order valence-corrected chi connectivity index (χ1v) is 9.47. The van der Waals surface area contributed by atoms with E-state index in [2.05, 4.69) is 0 Å². The number of aliphatic carboxylic acids is 1. The molecule has 1 atom stereocenters. The standard InChI is InChI=1S/C22H22N2O5/c1-29-14-22(21(27)28)10-11-23(13-22)19(25)12-24-17-8-4-2-6-15(17)20(26)16-7-3-5-9-18(16)24/h2-9H,10-14H2,1H3,(H,27,28). The number of carbonyl (C=O) groups is 2. The maximum atomic E-state index is 13.1. The van der Waals surface area contributed by atoms with Crippen molar-refractivity contribution >= 4 is 33.7 Å². The second-order valence-corrected chi connectivity index (χ2v) is 7.53. The zero-order chi connectivity index (χ0) is 20.6. The van der Waals surface area contributed by atoms with Crippen LogP contribution in [0.15, 0.2) is 53.3 Å². The fourth-order valence-electron chi connectivity index (χ4n) is 4.20. The predicted molar refractivity (Wildman–Crippen MR) is 109 cm³/mol. The summed E-state index contributed by atoms with van der Waals surface area (Å²) in [5.74, 6) is -1.13. The van der Waals surface area contributed by atoms with E-state index in [9.17, 15) is 19.5 Å². The quantitative estimate of drug-likeness (QED) is 0.670. The van der Waals surface area contributed by atoms with Crippen LogP contribution in [0.25, 0.3) is 21.8 Å². The topological polar surface area (TPSA) is 88.8 Å². The zero-order valence-electron chi connectivity index (χ0n) is 16.1. The van der Waals surface area contributed by atoms with Gasteiger partial charge in [-0.05, 0) is 30.7 Å². The molecule has 0 radical (unpaired) electrons. The maximum Gasteiger partial charge on any atom is 0.313 e. The minimum atomic E-state index is -1.07. The number of methoxy groups -OCH3 is 1. The molecule has 3 aromatic rings. The summed E-state index contributed by atoms with van der Waals surface area (Å²) < 4.78 is 6.95. The molecule has 1 fully saturated rings. The average molecular weight is 394 g/mol. The summed E-state index contributed by atoms with van der Waals surface area (Å²) in [6.45, 7) is 0.579. The van der Waals surface area contributed by atoms with Gasteiger partial charge in [0.15, 0.2) is 5.43 Å². The fourth-order valence-corrected chi connectivity index (χ4v) is 4.20. The Kier molecular flexibility index (Phi) is 4.84. The monoisotopic (exact) mass is 394 g/mol. The van der Waals surface area contributed by atoms with Crippen LogP contribution in [0.5, 0.6) is 0 Å². The molecule has 29 heavy (non-hydrogen) atoms. The van der Waals surface area contributed by atoms with Crippen LogP contribution in [0.3, 0.4) is 0 Å². The summed E-state index contributed by atoms with van der Waals surface area (Å²) in [4.78, 5) is 39.3. The molecule has 1 saturated heterocycles. The number of para-hydroxylation sites is 2. The number of carboxylic acid groups (broad SMARTS) is 1. The van der Waals surface area contributed by atoms with E-state index >= 15 is 0 Å². The van der Waals surface area contributed by atoms with Crippen molar-refractivity contribution in [1.82, 2.24) is 9.47 Å². The molecule has 2 aromatic carbocycles. The number of rotatable bonds is 5. The van der Waals surface area contributed by atoms with Crippen LogP contribution < -0.4 is 5.43 Å². The van der Waals surface area contributed by atoms with Crippen molar-refractivity contribution in [2.75, 3.05) is 26.8 Å². The van der Waals surface area contributed by atoms with Gasteiger partial charge >= 0.3 is 5.97 Å². The van der Waals surface area contributed by atoms with Crippen LogP contribution in [0.4, 0.5) is 0 Å². The van der Waals surface area contributed by atoms with E-state index in [1.165, 1.54) is 7.11 Å². The summed E-state index contributed by atoms with van der Waals surface area (Å²) in [6.07, 6.45) is 0.355. The fraction of sp³-hybridized carbons (Fsp3) is 0.318. The first kappa shape index (κ1) is 19.1. The number of ether oxygens (including phenoxy) is 1. The molecule has 2 heterocycles. The number of likely N-dealkylation sites (tertiary alicyclic amines) is 1. The van der Waals surface area contributed by atoms with Gasteiger partial charge in [-0.3, -0.25) is 14.4 Å². The molecule has 0 aliphatic carbocycles. The Hall–Kier alpha value is -3.19. The van der Waals surface area contributed by atoms with Gasteiger partial charge in [-0.1, -0.05) is 24.3 Å². The lowest BCUT2D eigenvalue weighted by molar-refractivity contribution is -0.151. The number of amides is 1. The molecule has 1 aliphatic rings. The Morgan fingerprint density at radius 1 is 1.07 bits per heavy atom. The van der Waals surface area contributed by atoms with Gasteiger partial charge in [0, 0.05) is 31.0 Å². The molecule has 1 aliphatic heterocycles. The number of hydrogen-bond donors (Lipinski definition) is 1. The molecular weight excluding hydrogens is 372 g/mol. The van der Waals surface area contributed by atoms with Crippen LogP contribution in [0.2, 0.25) is 0 Å². The normalized spacial score (nSPS) is 19.1. The van der Waals surface area contributed by atoms with Gasteiger partial charge in [0.05, 0.1) is 17.6 Å². The lowest BCUT2D eigenvalue weighted by Gasteiger charge is -2.24. The number of aromatic nitrogens is 1. The van der Waals surface area contributed by atoms with Crippen LogP contribution >= 0.6 is 0 Å². The minimum absolute atomic E-state index is 0.0317. The van der Waals surface area contributed by atoms with Crippen molar-refractivity contribution in [2.24, 2.45) is 5.41 Å². The zero-order valence-corrected chi connectivity index (χ0v) is 16.1. The van der Waals surface area contributed by atoms with E-state index in [0.29, 0.717) is 34.8 Å². The van der Waals surface area contributed by atoms with E-state index in [4.69, 9.17) is 4.74 Å². The molecule has 1 aromatic heterocycles. The van der Waals surface area contributed by atoms with Gasteiger partial charge < -0.3 is 19.3 Å². The molecule has 1 unspecified atom stereocenters. The van der Waals surface area contributed by atoms with Gasteiger partial charge in [0.2, 0.25) is 5.91 Å². The van der Waals surface area contributed by atoms with E-state index in [1.54, 1.807) is 29.2 Å². The highest BCUT2D eigenvalue weighted by Crippen LogP contribution is 2.31. The Labute approximate surface area is 167 Å². The number of benzene rings is 2. The molecule has 1 amide bonds. The molecular formula is C22H22N2O5. The molecule has 150 valence electrons. The molecule has 0 saturated carbocycles. The highest BCUT2D eigenvalue weighted by Gasteiger charge is 2.46. The minimum Gasteiger partial charge on any atom is -0.481 e. The van der Waals surface area contributed by atoms with E-state index in [0.717, 1.165) is 0 Å². The summed E-state index contributed by atoms with van der Waals surface area (Å²) in [7, 11) is 1.47. The Morgan fingerprint density at radius 3 is 2.21 bits per heavy atom. The highest BCUT2D eigenvalue weighted by molar-refractivity contribution is 5.95. The lowest BCUT2D eigenvalue weighted by Crippen LogP contribution is -2.41. The Bertz CT molecular complexity index is 1110. The molecule has 1 N–H and O–H groups in total. The number of nitrogens with zero attached hydrogens (tertiary/aromatic N) is 2. The number of carbonyl (C=O) groups excluding carboxylic acids is 1. The third-order valence-corrected chi connectivity index (χ3v) is 5.75. The Balaban J connectivity index is 1.73. The third kappa shape index (κ3) is 3.17. The number of fused-ring (bicyclic) bond motifs is 2. The smallest absolute Gasteiger partial charge is 0.313 e. The van der Waals surface area contributed by atoms with Crippen LogP contribution in [0, 0.1) is 5.41 Å². The summed E-state index contributed by atoms with van der Waals surface area (Å²) in [5.41, 5.74) is 0.235. The molecule has 0 bridgehead atoms. The number of carboxylic acids is 1. The molecule has 7 heteroatoms. The molecule has 0 spiro atoms. The van der Waals surface area contributed by atoms with E-state index in [-0.39, 0.29) is 31.0 Å². The van der Waals surface area contributed by atoms with Crippen molar-refractivity contribution in [3.05, 3.63) is 58.8 Å². The van der Waals surface area contributed by atoms with Crippen molar-refractivity contribution in [2.45, 2.75) is 13.0 Å². The van der Waals surface area contributed by atoms with E-state index in [1.807, 2.05) is 28.8 Å². The second kappa shape index (κ2) is 7.33. The SMILES string of the molecule is COCC1(C(=O)O)CCN(C(=O)Cn2c3ccccc3c(=O)c3ccccc32)C1. The van der Waals surface area contributed by atoms with Crippen molar-refractivity contribution < 1.29 is 19.4 Å². The van der Waals surface area contributed by atoms with Crippen molar-refractivity contribution in [3.8, 4) is 0 Å². The highest BCUT2D eigenvalue weighted by atomic mass is 16.5. The number of hydrogen-bond acceptors (Lipinski definition) is 4. The van der Waals surface area contributed by atoms with Crippen molar-refractivity contribution in [1.29, 1.82) is 0 Å². The number of pyridine rings is 1. The average Bonchev–Trinajstić information content (AvgIpc) is 3.17. The first-order valence-electron chi connectivity index (χ1n) is 9.47. The first-order chi connectivity index (χ1) is 14.0. The predicted octanol–water partition coefficient (Wildman–Crippen LogP) is 2.10. The van der Waals surface area contributed by atoms with Crippen LogP contribution in [0.1, 0.15) is 6.42 Å². The summed E-state index contributed by atoms with van der Waals surface area (Å²) in [5, 5.41) is 10.8. The van der Waals surface area contributed by atoms with E-state index < -0.39 is 11.4 Å². The Morgan fingerprint density at radius 2 is 1.66 bits per heavy atom. The van der Waals surface area contributed by atoms with Gasteiger partial charge in [0.1, 0.15) is 12.0 Å². The molecule has 7 nitrogen and oxygen atoms in total. The third-order valence-electron chi connectivity index (χ3n) is 5.75. The summed E-state index contributed by atoms with van der Waals surface area (Å²) >= 11 is 0. The van der Waals surface area contributed by atoms with Crippen LogP contribution in [-0.4, -0.2) is 53.3 Å². The van der Waals surface area contributed by atoms with Crippen LogP contribution in [-0.2, 0) is 20.9 Å². The molecule has 4 rings (SSSR count). The van der Waals surface area contributed by atoms with Crippen molar-refractivity contribution in [3.63, 3.8) is 0 Å². The van der Waals surface area contributed by atoms with Gasteiger partial charge in [-0.15, -0.1) is 0 Å². The van der Waals surface area contributed by atoms with Gasteiger partial charge in [0.25, 0.3) is 0 Å².